The van der Waals surface area contributed by atoms with Gasteiger partial charge in [0.2, 0.25) is 12.4 Å². The third-order valence-electron chi connectivity index (χ3n) is 9.29. The number of pyridine rings is 2. The lowest BCUT2D eigenvalue weighted by molar-refractivity contribution is -0.882. The highest BCUT2D eigenvalue weighted by atomic mass is 32.1. The summed E-state index contributed by atoms with van der Waals surface area (Å²) in [4.78, 5) is 13.0. The molecule has 7 aromatic rings. The summed E-state index contributed by atoms with van der Waals surface area (Å²) in [6.45, 7) is 5.37. The first-order valence-electron chi connectivity index (χ1n) is 19.3. The summed E-state index contributed by atoms with van der Waals surface area (Å²) in [5.74, 6) is 0. The predicted molar refractivity (Wildman–Crippen MR) is 233 cm³/mol. The number of benzene rings is 5. The Morgan fingerprint density at radius 3 is 1.22 bits per heavy atom. The van der Waals surface area contributed by atoms with Crippen molar-refractivity contribution in [2.75, 3.05) is 19.8 Å². The molecule has 0 radical (unpaired) electrons. The average Bonchev–Trinajstić information content (AvgIpc) is 3.26. The molecule has 0 N–H and O–H groups in total. The number of thiol groups is 2. The summed E-state index contributed by atoms with van der Waals surface area (Å²) in [6.07, 6.45) is 5.15. The summed E-state index contributed by atoms with van der Waals surface area (Å²) in [5.41, 5.74) is 7.33. The fourth-order valence-corrected chi connectivity index (χ4v) is 7.33. The Morgan fingerprint density at radius 2 is 0.862 bits per heavy atom. The highest BCUT2D eigenvalue weighted by Gasteiger charge is 2.35. The van der Waals surface area contributed by atoms with Gasteiger partial charge in [-0.15, -0.1) is 25.3 Å². The molecule has 0 aliphatic heterocycles. The zero-order valence-electron chi connectivity index (χ0n) is 32.8. The van der Waals surface area contributed by atoms with Gasteiger partial charge in [0, 0.05) is 55.5 Å². The zero-order valence-corrected chi connectivity index (χ0v) is 34.6. The third-order valence-corrected chi connectivity index (χ3v) is 10.1. The molecule has 10 heteroatoms. The van der Waals surface area contributed by atoms with E-state index in [0.717, 1.165) is 38.7 Å². The van der Waals surface area contributed by atoms with Crippen molar-refractivity contribution in [1.82, 2.24) is 0 Å². The number of nitrogens with zero attached hydrogens (tertiary/aromatic N) is 2. The van der Waals surface area contributed by atoms with E-state index >= 15 is 0 Å². The molecule has 0 fully saturated rings. The van der Waals surface area contributed by atoms with Crippen molar-refractivity contribution < 1.29 is 33.8 Å². The highest BCUT2D eigenvalue weighted by molar-refractivity contribution is 7.80. The van der Waals surface area contributed by atoms with Crippen LogP contribution >= 0.6 is 25.3 Å². The molecule has 0 spiro atoms. The van der Waals surface area contributed by atoms with E-state index in [1.807, 2.05) is 166 Å². The second-order valence-corrected chi connectivity index (χ2v) is 13.9. The first-order valence-corrected chi connectivity index (χ1v) is 20.2. The molecule has 5 aromatic carbocycles. The minimum Gasteiger partial charge on any atom is -0.871 e. The molecular formula is C48H49BN2O5S2. The molecule has 0 aliphatic carbocycles. The normalized spacial score (nSPS) is 10.7. The second-order valence-electron chi connectivity index (χ2n) is 13.0. The SMILES string of the molecule is CCO[n+]1ccccc1-c1ccccc1S.CCO[n+]1ccccc1-c1ccccc1S.[O-]B([O-])OCCCC(c1ccccc1)(c1ccccc1)c1ccccc1. The van der Waals surface area contributed by atoms with E-state index in [1.54, 1.807) is 9.46 Å². The maximum absolute atomic E-state index is 10.7. The van der Waals surface area contributed by atoms with Gasteiger partial charge in [0.25, 0.3) is 11.4 Å². The molecule has 58 heavy (non-hydrogen) atoms. The van der Waals surface area contributed by atoms with Gasteiger partial charge in [-0.1, -0.05) is 115 Å². The minimum atomic E-state index is -2.23. The zero-order chi connectivity index (χ0) is 41.0. The van der Waals surface area contributed by atoms with Crippen LogP contribution < -0.4 is 29.2 Å². The van der Waals surface area contributed by atoms with E-state index in [0.29, 0.717) is 19.6 Å². The van der Waals surface area contributed by atoms with Gasteiger partial charge < -0.3 is 14.7 Å². The van der Waals surface area contributed by atoms with Crippen LogP contribution in [0.5, 0.6) is 0 Å². The van der Waals surface area contributed by atoms with Crippen LogP contribution in [-0.4, -0.2) is 27.1 Å². The fourth-order valence-electron chi connectivity index (χ4n) is 6.78. The number of hydrogen-bond donors (Lipinski definition) is 2. The van der Waals surface area contributed by atoms with Gasteiger partial charge in [0.05, 0.1) is 18.4 Å². The molecule has 2 aromatic heterocycles. The van der Waals surface area contributed by atoms with E-state index in [4.69, 9.17) is 14.3 Å². The van der Waals surface area contributed by atoms with Crippen LogP contribution in [0.3, 0.4) is 0 Å². The summed E-state index contributed by atoms with van der Waals surface area (Å²) in [6, 6.07) is 58.9. The van der Waals surface area contributed by atoms with Gasteiger partial charge in [0.1, 0.15) is 0 Å². The smallest absolute Gasteiger partial charge is 0.265 e. The van der Waals surface area contributed by atoms with Gasteiger partial charge in [-0.2, -0.15) is 0 Å². The maximum atomic E-state index is 10.7. The molecule has 0 saturated carbocycles. The Hall–Kier alpha value is -5.36. The van der Waals surface area contributed by atoms with E-state index in [9.17, 15) is 10.0 Å². The summed E-state index contributed by atoms with van der Waals surface area (Å²) >= 11 is 8.91. The molecule has 0 atom stereocenters. The van der Waals surface area contributed by atoms with Crippen molar-refractivity contribution in [3.05, 3.63) is 205 Å². The standard InChI is InChI=1S/C22H21BO3.2C13H13NOS/c24-23(25)26-18-10-17-22(19-11-4-1-5-12-19,20-13-6-2-7-14-20)21-15-8-3-9-16-21;2*1-2-15-14-10-6-5-8-12(14)11-7-3-4-9-13(11)16/h1-9,11-16H,10,17-18H2;2*3-10H,2H2,1H3/q-2;;/p+2. The van der Waals surface area contributed by atoms with E-state index < -0.39 is 7.32 Å². The van der Waals surface area contributed by atoms with E-state index in [1.165, 1.54) is 16.7 Å². The van der Waals surface area contributed by atoms with Crippen molar-refractivity contribution in [3.63, 3.8) is 0 Å². The van der Waals surface area contributed by atoms with Crippen molar-refractivity contribution in [1.29, 1.82) is 0 Å². The number of hydrogen-bond acceptors (Lipinski definition) is 7. The van der Waals surface area contributed by atoms with Gasteiger partial charge in [-0.05, 0) is 79.8 Å². The molecule has 296 valence electrons. The number of rotatable bonds is 14. The van der Waals surface area contributed by atoms with Crippen LogP contribution in [0, 0.1) is 0 Å². The molecule has 0 unspecified atom stereocenters. The molecule has 7 nitrogen and oxygen atoms in total. The van der Waals surface area contributed by atoms with Gasteiger partial charge in [-0.25, -0.2) is 0 Å². The highest BCUT2D eigenvalue weighted by Crippen LogP contribution is 2.43. The first kappa shape index (κ1) is 43.8. The molecule has 0 amide bonds. The van der Waals surface area contributed by atoms with Gasteiger partial charge >= 0.3 is 0 Å². The summed E-state index contributed by atoms with van der Waals surface area (Å²) in [7, 11) is -2.23. The van der Waals surface area contributed by atoms with Gasteiger partial charge in [-0.3, -0.25) is 9.68 Å². The molecule has 0 aliphatic rings. The molecule has 2 heterocycles. The Bertz CT molecular complexity index is 2060. The van der Waals surface area contributed by atoms with E-state index in [-0.39, 0.29) is 12.0 Å². The summed E-state index contributed by atoms with van der Waals surface area (Å²) in [5, 5.41) is 21.4. The second kappa shape index (κ2) is 23.1. The monoisotopic (exact) mass is 808 g/mol. The van der Waals surface area contributed by atoms with Crippen LogP contribution in [0.2, 0.25) is 0 Å². The predicted octanol–water partition coefficient (Wildman–Crippen LogP) is 7.28. The Morgan fingerprint density at radius 1 is 0.500 bits per heavy atom. The van der Waals surface area contributed by atoms with Crippen molar-refractivity contribution in [2.24, 2.45) is 0 Å². The molecular weight excluding hydrogens is 759 g/mol. The maximum Gasteiger partial charge on any atom is 0.265 e. The topological polar surface area (TPSA) is 81.6 Å². The Balaban J connectivity index is 0.000000174. The third kappa shape index (κ3) is 11.8. The van der Waals surface area contributed by atoms with Gasteiger partial charge in [0.15, 0.2) is 13.2 Å². The lowest BCUT2D eigenvalue weighted by Crippen LogP contribution is -2.48. The van der Waals surface area contributed by atoms with Crippen molar-refractivity contribution in [3.8, 4) is 22.5 Å². The average molecular weight is 809 g/mol. The van der Waals surface area contributed by atoms with Crippen LogP contribution in [0.4, 0.5) is 0 Å². The quantitative estimate of drug-likeness (QED) is 0.0397. The van der Waals surface area contributed by atoms with E-state index in [2.05, 4.69) is 61.7 Å². The first-order chi connectivity index (χ1) is 28.4. The lowest BCUT2D eigenvalue weighted by atomic mass is 9.67. The molecule has 0 bridgehead atoms. The number of aromatic nitrogens is 2. The largest absolute Gasteiger partial charge is 0.871 e. The fraction of sp³-hybridized carbons (Fsp3) is 0.167. The van der Waals surface area contributed by atoms with Crippen LogP contribution in [0.25, 0.3) is 22.5 Å². The van der Waals surface area contributed by atoms with Crippen molar-refractivity contribution in [2.45, 2.75) is 41.9 Å². The lowest BCUT2D eigenvalue weighted by Gasteiger charge is -2.37. The molecule has 0 saturated heterocycles. The Labute approximate surface area is 354 Å². The van der Waals surface area contributed by atoms with Crippen molar-refractivity contribution >= 4 is 32.6 Å². The van der Waals surface area contributed by atoms with Crippen LogP contribution in [0.1, 0.15) is 43.4 Å². The Kier molecular flexibility index (Phi) is 17.5. The summed E-state index contributed by atoms with van der Waals surface area (Å²) < 4.78 is 8.28. The minimum absolute atomic E-state index is 0.159. The van der Waals surface area contributed by atoms with Crippen LogP contribution in [0.15, 0.2) is 198 Å². The molecule has 7 rings (SSSR count). The van der Waals surface area contributed by atoms with Crippen LogP contribution in [-0.2, 0) is 10.1 Å².